The molecule has 2 aliphatic rings. The van der Waals surface area contributed by atoms with Crippen LogP contribution in [-0.2, 0) is 0 Å². The minimum atomic E-state index is 0.101. The maximum absolute atomic E-state index is 13.0. The van der Waals surface area contributed by atoms with Crippen LogP contribution in [-0.4, -0.2) is 31.4 Å². The molecule has 0 aromatic heterocycles. The first-order valence-corrected chi connectivity index (χ1v) is 9.68. The minimum absolute atomic E-state index is 0.101. The highest BCUT2D eigenvalue weighted by Gasteiger charge is 2.34. The van der Waals surface area contributed by atoms with Crippen LogP contribution in [0.2, 0.25) is 0 Å². The predicted molar refractivity (Wildman–Crippen MR) is 114 cm³/mol. The number of hydrogen-bond acceptors (Lipinski definition) is 4. The van der Waals surface area contributed by atoms with Crippen molar-refractivity contribution in [3.05, 3.63) is 84.4 Å². The van der Waals surface area contributed by atoms with E-state index in [9.17, 15) is 4.79 Å². The van der Waals surface area contributed by atoms with E-state index in [1.54, 1.807) is 0 Å². The van der Waals surface area contributed by atoms with Gasteiger partial charge < -0.3 is 9.80 Å². The summed E-state index contributed by atoms with van der Waals surface area (Å²) in [7, 11) is 0. The lowest BCUT2D eigenvalue weighted by atomic mass is 10.0. The Labute approximate surface area is 164 Å². The average Bonchev–Trinajstić information content (AvgIpc) is 3.08. The minimum Gasteiger partial charge on any atom is -0.310 e. The van der Waals surface area contributed by atoms with Crippen LogP contribution in [0.1, 0.15) is 16.8 Å². The van der Waals surface area contributed by atoms with E-state index in [0.29, 0.717) is 6.54 Å². The van der Waals surface area contributed by atoms with E-state index in [1.807, 2.05) is 54.6 Å². The summed E-state index contributed by atoms with van der Waals surface area (Å²) in [4.78, 5) is 22.0. The Morgan fingerprint density at radius 3 is 2.29 bits per heavy atom. The van der Waals surface area contributed by atoms with Crippen molar-refractivity contribution in [2.75, 3.05) is 29.4 Å². The Balaban J connectivity index is 1.40. The van der Waals surface area contributed by atoms with E-state index in [2.05, 4.69) is 34.1 Å². The smallest absolute Gasteiger partial charge is 0.206 e. The van der Waals surface area contributed by atoms with Gasteiger partial charge in [0.15, 0.2) is 5.78 Å². The molecule has 2 aliphatic heterocycles. The van der Waals surface area contributed by atoms with Gasteiger partial charge in [0, 0.05) is 18.7 Å². The molecule has 0 unspecified atom stereocenters. The third kappa shape index (κ3) is 2.87. The normalized spacial score (nSPS) is 15.1. The molecule has 0 spiro atoms. The summed E-state index contributed by atoms with van der Waals surface area (Å²) in [5, 5.41) is 0. The highest BCUT2D eigenvalue weighted by molar-refractivity contribution is 6.19. The van der Waals surface area contributed by atoms with Crippen LogP contribution < -0.4 is 9.80 Å². The van der Waals surface area contributed by atoms with E-state index in [-0.39, 0.29) is 5.78 Å². The molecule has 0 radical (unpaired) electrons. The van der Waals surface area contributed by atoms with Crippen molar-refractivity contribution >= 4 is 23.1 Å². The molecule has 0 saturated heterocycles. The molecule has 0 atom stereocenters. The quantitative estimate of drug-likeness (QED) is 0.631. The number of benzene rings is 3. The Hall–Kier alpha value is -3.40. The summed E-state index contributed by atoms with van der Waals surface area (Å²) in [6.07, 6.45) is 1.04. The standard InChI is InChI=1S/C24H21N3O/c28-23(20-13-11-19(12-14-20)18-7-2-1-3-8-18)17-27-22-10-5-4-9-21(22)26-16-6-15-25-24(26)27/h1-5,7-14H,6,15-17H2. The summed E-state index contributed by atoms with van der Waals surface area (Å²) in [6, 6.07) is 26.3. The van der Waals surface area contributed by atoms with Crippen LogP contribution in [0.15, 0.2) is 83.9 Å². The van der Waals surface area contributed by atoms with Crippen molar-refractivity contribution < 1.29 is 4.79 Å². The lowest BCUT2D eigenvalue weighted by molar-refractivity contribution is 0.100. The average molecular weight is 367 g/mol. The molecule has 4 heteroatoms. The molecule has 3 aromatic carbocycles. The molecule has 0 amide bonds. The molecule has 138 valence electrons. The van der Waals surface area contributed by atoms with Crippen LogP contribution in [0.3, 0.4) is 0 Å². The number of carbonyl (C=O) groups is 1. The third-order valence-corrected chi connectivity index (χ3v) is 5.35. The second-order valence-corrected chi connectivity index (χ2v) is 7.13. The molecule has 2 heterocycles. The fourth-order valence-electron chi connectivity index (χ4n) is 3.95. The van der Waals surface area contributed by atoms with E-state index in [1.165, 1.54) is 0 Å². The molecule has 0 aliphatic carbocycles. The van der Waals surface area contributed by atoms with Crippen LogP contribution in [0, 0.1) is 0 Å². The van der Waals surface area contributed by atoms with E-state index < -0.39 is 0 Å². The molecule has 0 fully saturated rings. The monoisotopic (exact) mass is 367 g/mol. The number of carbonyl (C=O) groups excluding carboxylic acids is 1. The summed E-state index contributed by atoms with van der Waals surface area (Å²) < 4.78 is 0. The number of para-hydroxylation sites is 2. The van der Waals surface area contributed by atoms with Gasteiger partial charge in [-0.2, -0.15) is 0 Å². The van der Waals surface area contributed by atoms with E-state index in [0.717, 1.165) is 53.5 Å². The zero-order valence-corrected chi connectivity index (χ0v) is 15.6. The van der Waals surface area contributed by atoms with Gasteiger partial charge in [0.2, 0.25) is 5.96 Å². The molecule has 0 N–H and O–H groups in total. The lowest BCUT2D eigenvalue weighted by Crippen LogP contribution is -2.43. The number of hydrogen-bond donors (Lipinski definition) is 0. The maximum Gasteiger partial charge on any atom is 0.206 e. The van der Waals surface area contributed by atoms with Crippen molar-refractivity contribution in [1.29, 1.82) is 0 Å². The first kappa shape index (κ1) is 16.8. The van der Waals surface area contributed by atoms with Gasteiger partial charge in [0.1, 0.15) is 0 Å². The third-order valence-electron chi connectivity index (χ3n) is 5.35. The first-order chi connectivity index (χ1) is 13.8. The fourth-order valence-corrected chi connectivity index (χ4v) is 3.95. The van der Waals surface area contributed by atoms with Crippen LogP contribution >= 0.6 is 0 Å². The van der Waals surface area contributed by atoms with E-state index in [4.69, 9.17) is 4.99 Å². The lowest BCUT2D eigenvalue weighted by Gasteiger charge is -2.26. The first-order valence-electron chi connectivity index (χ1n) is 9.68. The summed E-state index contributed by atoms with van der Waals surface area (Å²) in [6.45, 7) is 2.07. The molecule has 0 saturated carbocycles. The number of guanidine groups is 1. The Morgan fingerprint density at radius 2 is 1.50 bits per heavy atom. The van der Waals surface area contributed by atoms with Gasteiger partial charge in [-0.1, -0.05) is 66.7 Å². The second kappa shape index (κ2) is 6.97. The maximum atomic E-state index is 13.0. The van der Waals surface area contributed by atoms with Crippen molar-refractivity contribution in [3.63, 3.8) is 0 Å². The highest BCUT2D eigenvalue weighted by Crippen LogP contribution is 2.38. The van der Waals surface area contributed by atoms with Gasteiger partial charge in [-0.3, -0.25) is 9.79 Å². The zero-order chi connectivity index (χ0) is 18.9. The van der Waals surface area contributed by atoms with Gasteiger partial charge in [-0.05, 0) is 29.7 Å². The van der Waals surface area contributed by atoms with E-state index >= 15 is 0 Å². The number of rotatable bonds is 4. The van der Waals surface area contributed by atoms with Crippen LogP contribution in [0.4, 0.5) is 11.4 Å². The topological polar surface area (TPSA) is 35.9 Å². The molecule has 4 nitrogen and oxygen atoms in total. The Morgan fingerprint density at radius 1 is 0.821 bits per heavy atom. The molecule has 5 rings (SSSR count). The number of ketones is 1. The van der Waals surface area contributed by atoms with Gasteiger partial charge >= 0.3 is 0 Å². The Bertz CT molecular complexity index is 1040. The predicted octanol–water partition coefficient (Wildman–Crippen LogP) is 4.62. The van der Waals surface area contributed by atoms with Crippen LogP contribution in [0.25, 0.3) is 11.1 Å². The van der Waals surface area contributed by atoms with Crippen molar-refractivity contribution in [1.82, 2.24) is 0 Å². The largest absolute Gasteiger partial charge is 0.310 e. The van der Waals surface area contributed by atoms with Crippen molar-refractivity contribution in [3.8, 4) is 11.1 Å². The highest BCUT2D eigenvalue weighted by atomic mass is 16.1. The Kier molecular flexibility index (Phi) is 4.17. The van der Waals surface area contributed by atoms with Gasteiger partial charge in [-0.15, -0.1) is 0 Å². The fraction of sp³-hybridized carbons (Fsp3) is 0.167. The molecule has 0 bridgehead atoms. The molecular formula is C24H21N3O. The molecule has 3 aromatic rings. The SMILES string of the molecule is O=C(CN1C2=NCCCN2c2ccccc21)c1ccc(-c2ccccc2)cc1. The zero-order valence-electron chi connectivity index (χ0n) is 15.6. The number of aliphatic imine (C=N–C) groups is 1. The summed E-state index contributed by atoms with van der Waals surface area (Å²) in [5.74, 6) is 1.01. The number of nitrogens with zero attached hydrogens (tertiary/aromatic N) is 3. The van der Waals surface area contributed by atoms with Crippen molar-refractivity contribution in [2.24, 2.45) is 4.99 Å². The summed E-state index contributed by atoms with van der Waals surface area (Å²) >= 11 is 0. The second-order valence-electron chi connectivity index (χ2n) is 7.13. The molecular weight excluding hydrogens is 346 g/mol. The number of anilines is 2. The van der Waals surface area contributed by atoms with Gasteiger partial charge in [-0.25, -0.2) is 0 Å². The number of fused-ring (bicyclic) bond motifs is 3. The summed E-state index contributed by atoms with van der Waals surface area (Å²) in [5.41, 5.74) is 5.21. The van der Waals surface area contributed by atoms with Crippen molar-refractivity contribution in [2.45, 2.75) is 6.42 Å². The van der Waals surface area contributed by atoms with Gasteiger partial charge in [0.25, 0.3) is 0 Å². The van der Waals surface area contributed by atoms with Gasteiger partial charge in [0.05, 0.1) is 17.9 Å². The van der Waals surface area contributed by atoms with Crippen LogP contribution in [0.5, 0.6) is 0 Å². The molecule has 28 heavy (non-hydrogen) atoms. The number of Topliss-reactive ketones (excluding diaryl/α,β-unsaturated/α-hetero) is 1.